The van der Waals surface area contributed by atoms with Crippen molar-refractivity contribution in [3.63, 3.8) is 0 Å². The summed E-state index contributed by atoms with van der Waals surface area (Å²) in [4.78, 5) is 16.0. The summed E-state index contributed by atoms with van der Waals surface area (Å²) in [7, 11) is 0. The zero-order valence-electron chi connectivity index (χ0n) is 33.5. The SMILES string of the molecule is c1ccc(-c2nc(-c3ccccc3-c3ccc4sc5ccccc5c4c3)nc(-c3ccccc3-c3cccc4c3C3(c5ccccc5-c5ccccc53)c3ccccc3-4)n2)cc1. The van der Waals surface area contributed by atoms with Gasteiger partial charge in [0.15, 0.2) is 17.5 Å². The Balaban J connectivity index is 1.05. The van der Waals surface area contributed by atoms with Crippen molar-refractivity contribution in [1.82, 2.24) is 15.0 Å². The number of hydrogen-bond donors (Lipinski definition) is 0. The number of thiophene rings is 1. The first-order chi connectivity index (χ1) is 30.8. The lowest BCUT2D eigenvalue weighted by molar-refractivity contribution is 0.796. The highest BCUT2D eigenvalue weighted by Crippen LogP contribution is 2.64. The van der Waals surface area contributed by atoms with E-state index in [4.69, 9.17) is 15.0 Å². The number of nitrogens with zero attached hydrogens (tertiary/aromatic N) is 3. The van der Waals surface area contributed by atoms with Crippen LogP contribution in [0, 0.1) is 0 Å². The highest BCUT2D eigenvalue weighted by molar-refractivity contribution is 7.25. The first kappa shape index (κ1) is 35.0. The summed E-state index contributed by atoms with van der Waals surface area (Å²) in [6.07, 6.45) is 0. The van der Waals surface area contributed by atoms with Gasteiger partial charge in [-0.15, -0.1) is 11.3 Å². The molecule has 2 aliphatic carbocycles. The molecule has 0 radical (unpaired) electrons. The van der Waals surface area contributed by atoms with Gasteiger partial charge in [0.2, 0.25) is 0 Å². The Bertz CT molecular complexity index is 3540. The van der Waals surface area contributed by atoms with Gasteiger partial charge in [-0.25, -0.2) is 15.0 Å². The van der Waals surface area contributed by atoms with Gasteiger partial charge in [-0.2, -0.15) is 0 Å². The van der Waals surface area contributed by atoms with Crippen LogP contribution in [0.1, 0.15) is 22.3 Å². The van der Waals surface area contributed by atoms with Gasteiger partial charge in [0.05, 0.1) is 5.41 Å². The number of fused-ring (bicyclic) bond motifs is 13. The molecule has 3 nitrogen and oxygen atoms in total. The molecule has 1 spiro atoms. The summed E-state index contributed by atoms with van der Waals surface area (Å²) < 4.78 is 2.57. The van der Waals surface area contributed by atoms with E-state index in [2.05, 4.69) is 194 Å². The van der Waals surface area contributed by atoms with Crippen LogP contribution >= 0.6 is 11.3 Å². The van der Waals surface area contributed by atoms with Crippen LogP contribution in [0.5, 0.6) is 0 Å². The lowest BCUT2D eigenvalue weighted by Gasteiger charge is -2.32. The van der Waals surface area contributed by atoms with Crippen molar-refractivity contribution in [2.24, 2.45) is 0 Å². The molecule has 9 aromatic carbocycles. The molecule has 0 atom stereocenters. The molecule has 0 amide bonds. The molecular weight excluding hydrogens is 771 g/mol. The van der Waals surface area contributed by atoms with Gasteiger partial charge in [-0.05, 0) is 85.0 Å². The topological polar surface area (TPSA) is 38.7 Å². The quantitative estimate of drug-likeness (QED) is 0.174. The van der Waals surface area contributed by atoms with E-state index in [9.17, 15) is 0 Å². The first-order valence-corrected chi connectivity index (χ1v) is 21.9. The third-order valence-corrected chi connectivity index (χ3v) is 14.1. The Morgan fingerprint density at radius 1 is 0.290 bits per heavy atom. The Morgan fingerprint density at radius 2 is 0.742 bits per heavy atom. The van der Waals surface area contributed by atoms with Gasteiger partial charge in [-0.3, -0.25) is 0 Å². The highest BCUT2D eigenvalue weighted by atomic mass is 32.1. The Morgan fingerprint density at radius 3 is 1.40 bits per heavy atom. The summed E-state index contributed by atoms with van der Waals surface area (Å²) in [6, 6.07) is 76.7. The highest BCUT2D eigenvalue weighted by Gasteiger charge is 2.52. The van der Waals surface area contributed by atoms with E-state index in [1.165, 1.54) is 70.2 Å². The van der Waals surface area contributed by atoms with Crippen molar-refractivity contribution >= 4 is 31.5 Å². The van der Waals surface area contributed by atoms with Crippen molar-refractivity contribution in [3.8, 4) is 78.7 Å². The van der Waals surface area contributed by atoms with E-state index >= 15 is 0 Å². The zero-order chi connectivity index (χ0) is 40.8. The van der Waals surface area contributed by atoms with E-state index < -0.39 is 5.41 Å². The average molecular weight is 806 g/mol. The molecule has 13 rings (SSSR count). The van der Waals surface area contributed by atoms with E-state index in [0.717, 1.165) is 33.4 Å². The van der Waals surface area contributed by atoms with Crippen molar-refractivity contribution in [2.75, 3.05) is 0 Å². The molecule has 2 aromatic heterocycles. The molecule has 0 bridgehead atoms. The fourth-order valence-electron chi connectivity index (χ4n) is 10.4. The van der Waals surface area contributed by atoms with Crippen LogP contribution in [-0.2, 0) is 5.41 Å². The van der Waals surface area contributed by atoms with Gasteiger partial charge in [-0.1, -0.05) is 194 Å². The molecule has 0 aliphatic heterocycles. The van der Waals surface area contributed by atoms with Gasteiger partial charge in [0.25, 0.3) is 0 Å². The number of aromatic nitrogens is 3. The number of hydrogen-bond acceptors (Lipinski definition) is 4. The largest absolute Gasteiger partial charge is 0.208 e. The van der Waals surface area contributed by atoms with Crippen LogP contribution in [0.4, 0.5) is 0 Å². The third-order valence-electron chi connectivity index (χ3n) is 13.0. The van der Waals surface area contributed by atoms with Gasteiger partial charge in [0, 0.05) is 36.9 Å². The molecule has 62 heavy (non-hydrogen) atoms. The molecule has 11 aromatic rings. The fourth-order valence-corrected chi connectivity index (χ4v) is 11.5. The van der Waals surface area contributed by atoms with Crippen LogP contribution < -0.4 is 0 Å². The van der Waals surface area contributed by atoms with Crippen LogP contribution in [0.15, 0.2) is 212 Å². The normalized spacial score (nSPS) is 13.0. The van der Waals surface area contributed by atoms with E-state index in [0.29, 0.717) is 17.5 Å². The second-order valence-corrected chi connectivity index (χ2v) is 17.3. The van der Waals surface area contributed by atoms with Crippen LogP contribution in [0.2, 0.25) is 0 Å². The lowest BCUT2D eigenvalue weighted by atomic mass is 9.68. The maximum atomic E-state index is 5.45. The van der Waals surface area contributed by atoms with E-state index in [1.807, 2.05) is 29.5 Å². The maximum Gasteiger partial charge on any atom is 0.164 e. The molecule has 2 aliphatic rings. The molecule has 2 heterocycles. The smallest absolute Gasteiger partial charge is 0.164 e. The predicted octanol–water partition coefficient (Wildman–Crippen LogP) is 14.9. The summed E-state index contributed by atoms with van der Waals surface area (Å²) in [5.74, 6) is 1.90. The van der Waals surface area contributed by atoms with Crippen molar-refractivity contribution in [3.05, 3.63) is 235 Å². The molecule has 0 unspecified atom stereocenters. The molecule has 0 saturated carbocycles. The van der Waals surface area contributed by atoms with Crippen LogP contribution in [0.25, 0.3) is 98.8 Å². The molecule has 0 N–H and O–H groups in total. The van der Waals surface area contributed by atoms with Crippen LogP contribution in [0.3, 0.4) is 0 Å². The van der Waals surface area contributed by atoms with Gasteiger partial charge >= 0.3 is 0 Å². The molecular formula is C58H35N3S. The fraction of sp³-hybridized carbons (Fsp3) is 0.0172. The Labute approximate surface area is 363 Å². The maximum absolute atomic E-state index is 5.45. The van der Waals surface area contributed by atoms with Crippen molar-refractivity contribution in [2.45, 2.75) is 5.41 Å². The second kappa shape index (κ2) is 13.6. The Kier molecular flexibility index (Phi) is 7.69. The third kappa shape index (κ3) is 5.02. The number of benzene rings is 9. The van der Waals surface area contributed by atoms with Gasteiger partial charge < -0.3 is 0 Å². The summed E-state index contributed by atoms with van der Waals surface area (Å²) >= 11 is 1.84. The first-order valence-electron chi connectivity index (χ1n) is 21.1. The van der Waals surface area contributed by atoms with Crippen molar-refractivity contribution < 1.29 is 0 Å². The molecule has 0 fully saturated rings. The van der Waals surface area contributed by atoms with E-state index in [-0.39, 0.29) is 0 Å². The summed E-state index contributed by atoms with van der Waals surface area (Å²) in [5.41, 5.74) is 17.1. The second-order valence-electron chi connectivity index (χ2n) is 16.2. The minimum atomic E-state index is -0.504. The van der Waals surface area contributed by atoms with Crippen LogP contribution in [-0.4, -0.2) is 15.0 Å². The van der Waals surface area contributed by atoms with Crippen molar-refractivity contribution in [1.29, 1.82) is 0 Å². The average Bonchev–Trinajstić information content (AvgIpc) is 3.98. The number of rotatable bonds is 5. The molecule has 4 heteroatoms. The summed E-state index contributed by atoms with van der Waals surface area (Å²) in [6.45, 7) is 0. The van der Waals surface area contributed by atoms with Gasteiger partial charge in [0.1, 0.15) is 0 Å². The predicted molar refractivity (Wildman–Crippen MR) is 256 cm³/mol. The Hall–Kier alpha value is -7.79. The molecule has 0 saturated heterocycles. The monoisotopic (exact) mass is 805 g/mol. The molecule has 288 valence electrons. The minimum Gasteiger partial charge on any atom is -0.208 e. The minimum absolute atomic E-state index is 0.504. The standard InChI is InChI=1S/C58H35N3S/c1-2-17-36(18-3-1)55-59-56(46-25-6-4-19-38(46)37-33-34-53-48(35-37)43-24-11-15-32-52(43)62-53)61-57(60-55)47-26-7-5-20-39(47)44-27-16-28-45-42-23-10-14-31-51(42)58(54(44)45)49-29-12-8-21-40(49)41-22-9-13-30-50(41)58/h1-35H. The lowest BCUT2D eigenvalue weighted by Crippen LogP contribution is -2.26. The van der Waals surface area contributed by atoms with E-state index in [1.54, 1.807) is 0 Å². The zero-order valence-corrected chi connectivity index (χ0v) is 34.3. The summed E-state index contributed by atoms with van der Waals surface area (Å²) in [5, 5.41) is 2.54.